The predicted octanol–water partition coefficient (Wildman–Crippen LogP) is 0.319. The SMILES string of the molecule is C=CC(=O)C1CCCS1(=O)=O. The van der Waals surface area contributed by atoms with Gasteiger partial charge in [-0.3, -0.25) is 4.79 Å². The van der Waals surface area contributed by atoms with Crippen LogP contribution in [-0.4, -0.2) is 25.2 Å². The van der Waals surface area contributed by atoms with Gasteiger partial charge in [-0.15, -0.1) is 0 Å². The number of hydrogen-bond acceptors (Lipinski definition) is 3. The summed E-state index contributed by atoms with van der Waals surface area (Å²) < 4.78 is 22.2. The highest BCUT2D eigenvalue weighted by atomic mass is 32.2. The summed E-state index contributed by atoms with van der Waals surface area (Å²) in [6.45, 7) is 3.26. The van der Waals surface area contributed by atoms with Crippen LogP contribution in [0.25, 0.3) is 0 Å². The summed E-state index contributed by atoms with van der Waals surface area (Å²) in [6, 6.07) is 0. The van der Waals surface area contributed by atoms with Gasteiger partial charge in [0, 0.05) is 0 Å². The van der Waals surface area contributed by atoms with E-state index in [1.54, 1.807) is 0 Å². The predicted molar refractivity (Wildman–Crippen MR) is 42.0 cm³/mol. The zero-order chi connectivity index (χ0) is 8.48. The van der Waals surface area contributed by atoms with Crippen molar-refractivity contribution < 1.29 is 13.2 Å². The lowest BCUT2D eigenvalue weighted by molar-refractivity contribution is -0.114. The Morgan fingerprint density at radius 2 is 2.18 bits per heavy atom. The highest BCUT2D eigenvalue weighted by molar-refractivity contribution is 7.93. The van der Waals surface area contributed by atoms with E-state index in [4.69, 9.17) is 0 Å². The van der Waals surface area contributed by atoms with E-state index in [-0.39, 0.29) is 11.5 Å². The van der Waals surface area contributed by atoms with Crippen molar-refractivity contribution in [2.75, 3.05) is 5.75 Å². The molecule has 1 aliphatic heterocycles. The molecule has 1 atom stereocenters. The van der Waals surface area contributed by atoms with Crippen LogP contribution in [0.15, 0.2) is 12.7 Å². The van der Waals surface area contributed by atoms with Crippen LogP contribution in [-0.2, 0) is 14.6 Å². The number of ketones is 1. The maximum atomic E-state index is 11.1. The maximum Gasteiger partial charge on any atom is 0.173 e. The molecule has 11 heavy (non-hydrogen) atoms. The minimum absolute atomic E-state index is 0.150. The van der Waals surface area contributed by atoms with Crippen LogP contribution in [0.1, 0.15) is 12.8 Å². The average Bonchev–Trinajstić information content (AvgIpc) is 2.28. The van der Waals surface area contributed by atoms with Gasteiger partial charge < -0.3 is 0 Å². The average molecular weight is 174 g/mol. The number of allylic oxidation sites excluding steroid dienone is 1. The van der Waals surface area contributed by atoms with Crippen molar-refractivity contribution in [2.24, 2.45) is 0 Å². The van der Waals surface area contributed by atoms with Gasteiger partial charge in [-0.25, -0.2) is 8.42 Å². The Balaban J connectivity index is 2.90. The molecule has 62 valence electrons. The molecule has 0 N–H and O–H groups in total. The van der Waals surface area contributed by atoms with E-state index >= 15 is 0 Å². The molecule has 3 nitrogen and oxygen atoms in total. The molecular formula is C7H10O3S. The van der Waals surface area contributed by atoms with Crippen LogP contribution in [0.5, 0.6) is 0 Å². The fourth-order valence-corrected chi connectivity index (χ4v) is 3.07. The summed E-state index contributed by atoms with van der Waals surface area (Å²) in [4.78, 5) is 10.9. The van der Waals surface area contributed by atoms with Gasteiger partial charge in [0.25, 0.3) is 0 Å². The van der Waals surface area contributed by atoms with E-state index in [0.29, 0.717) is 12.8 Å². The molecule has 1 fully saturated rings. The summed E-state index contributed by atoms with van der Waals surface area (Å²) in [5, 5.41) is -0.792. The molecule has 0 spiro atoms. The summed E-state index contributed by atoms with van der Waals surface area (Å²) >= 11 is 0. The van der Waals surface area contributed by atoms with E-state index in [2.05, 4.69) is 6.58 Å². The van der Waals surface area contributed by atoms with Crippen molar-refractivity contribution in [3.8, 4) is 0 Å². The van der Waals surface area contributed by atoms with Crippen molar-refractivity contribution in [1.29, 1.82) is 0 Å². The molecule has 1 rings (SSSR count). The fraction of sp³-hybridized carbons (Fsp3) is 0.571. The normalized spacial score (nSPS) is 28.2. The van der Waals surface area contributed by atoms with E-state index in [1.807, 2.05) is 0 Å². The van der Waals surface area contributed by atoms with E-state index in [9.17, 15) is 13.2 Å². The summed E-state index contributed by atoms with van der Waals surface area (Å²) in [5.74, 6) is -0.209. The van der Waals surface area contributed by atoms with Gasteiger partial charge in [0.15, 0.2) is 15.6 Å². The third-order valence-electron chi connectivity index (χ3n) is 1.85. The largest absolute Gasteiger partial charge is 0.293 e. The molecule has 0 radical (unpaired) electrons. The monoisotopic (exact) mass is 174 g/mol. The highest BCUT2D eigenvalue weighted by Gasteiger charge is 2.35. The van der Waals surface area contributed by atoms with Crippen molar-refractivity contribution in [2.45, 2.75) is 18.1 Å². The Morgan fingerprint density at radius 3 is 2.55 bits per heavy atom. The molecule has 1 saturated heterocycles. The first kappa shape index (κ1) is 8.46. The third kappa shape index (κ3) is 1.50. The zero-order valence-electron chi connectivity index (χ0n) is 6.12. The maximum absolute atomic E-state index is 11.1. The third-order valence-corrected chi connectivity index (χ3v) is 4.04. The Bertz CT molecular complexity index is 276. The molecule has 0 saturated carbocycles. The second kappa shape index (κ2) is 2.77. The second-order valence-corrected chi connectivity index (χ2v) is 4.91. The molecule has 0 bridgehead atoms. The molecule has 0 aromatic carbocycles. The molecule has 1 aliphatic rings. The van der Waals surface area contributed by atoms with Gasteiger partial charge in [0.2, 0.25) is 0 Å². The number of rotatable bonds is 2. The van der Waals surface area contributed by atoms with Crippen LogP contribution in [0.4, 0.5) is 0 Å². The Hall–Kier alpha value is -0.640. The van der Waals surface area contributed by atoms with Gasteiger partial charge in [0.1, 0.15) is 5.25 Å². The quantitative estimate of drug-likeness (QED) is 0.566. The molecule has 4 heteroatoms. The van der Waals surface area contributed by atoms with Crippen LogP contribution in [0, 0.1) is 0 Å². The second-order valence-electron chi connectivity index (χ2n) is 2.60. The minimum Gasteiger partial charge on any atom is -0.293 e. The van der Waals surface area contributed by atoms with E-state index in [1.165, 1.54) is 0 Å². The first-order valence-corrected chi connectivity index (χ1v) is 5.17. The Labute approximate surface area is 66.0 Å². The summed E-state index contributed by atoms with van der Waals surface area (Å²) in [6.07, 6.45) is 2.16. The zero-order valence-corrected chi connectivity index (χ0v) is 6.93. The molecule has 0 aliphatic carbocycles. The number of sulfone groups is 1. The van der Waals surface area contributed by atoms with Crippen LogP contribution in [0.3, 0.4) is 0 Å². The van der Waals surface area contributed by atoms with Crippen molar-refractivity contribution >= 4 is 15.6 Å². The lowest BCUT2D eigenvalue weighted by atomic mass is 10.2. The lowest BCUT2D eigenvalue weighted by Crippen LogP contribution is -2.24. The van der Waals surface area contributed by atoms with Gasteiger partial charge in [-0.05, 0) is 18.9 Å². The van der Waals surface area contributed by atoms with Gasteiger partial charge in [0.05, 0.1) is 5.75 Å². The topological polar surface area (TPSA) is 51.2 Å². The Morgan fingerprint density at radius 1 is 1.55 bits per heavy atom. The van der Waals surface area contributed by atoms with Crippen LogP contribution in [0.2, 0.25) is 0 Å². The number of carbonyl (C=O) groups is 1. The molecule has 1 heterocycles. The van der Waals surface area contributed by atoms with Crippen LogP contribution < -0.4 is 0 Å². The lowest BCUT2D eigenvalue weighted by Gasteiger charge is -2.02. The first-order chi connectivity index (χ1) is 5.08. The number of carbonyl (C=O) groups excluding carboxylic acids is 1. The minimum atomic E-state index is -3.12. The molecular weight excluding hydrogens is 164 g/mol. The van der Waals surface area contributed by atoms with Crippen molar-refractivity contribution in [1.82, 2.24) is 0 Å². The van der Waals surface area contributed by atoms with Crippen molar-refractivity contribution in [3.63, 3.8) is 0 Å². The smallest absolute Gasteiger partial charge is 0.173 e. The summed E-state index contributed by atoms with van der Waals surface area (Å²) in [5.41, 5.74) is 0. The molecule has 1 unspecified atom stereocenters. The first-order valence-electron chi connectivity index (χ1n) is 3.46. The van der Waals surface area contributed by atoms with E-state index in [0.717, 1.165) is 6.08 Å². The number of hydrogen-bond donors (Lipinski definition) is 0. The van der Waals surface area contributed by atoms with Crippen LogP contribution >= 0.6 is 0 Å². The van der Waals surface area contributed by atoms with Gasteiger partial charge in [-0.2, -0.15) is 0 Å². The Kier molecular flexibility index (Phi) is 2.13. The molecule has 0 amide bonds. The standard InChI is InChI=1S/C7H10O3S/c1-2-6(8)7-4-3-5-11(7,9)10/h2,7H,1,3-5H2. The highest BCUT2D eigenvalue weighted by Crippen LogP contribution is 2.20. The fourth-order valence-electron chi connectivity index (χ4n) is 1.24. The van der Waals surface area contributed by atoms with Crippen molar-refractivity contribution in [3.05, 3.63) is 12.7 Å². The molecule has 0 aromatic rings. The van der Waals surface area contributed by atoms with Gasteiger partial charge >= 0.3 is 0 Å². The summed E-state index contributed by atoms with van der Waals surface area (Å²) in [7, 11) is -3.12. The van der Waals surface area contributed by atoms with E-state index < -0.39 is 15.1 Å². The molecule has 0 aromatic heterocycles. The van der Waals surface area contributed by atoms with Gasteiger partial charge in [-0.1, -0.05) is 6.58 Å².